The molecule has 0 aliphatic rings. The number of para-hydroxylation sites is 2. The van der Waals surface area contributed by atoms with E-state index in [0.29, 0.717) is 17.1 Å². The summed E-state index contributed by atoms with van der Waals surface area (Å²) in [6.45, 7) is 0. The molecule has 1 heterocycles. The highest BCUT2D eigenvalue weighted by molar-refractivity contribution is 6.05. The maximum Gasteiger partial charge on any atom is 0.280 e. The molecule has 2 aromatic carbocycles. The molecular formula is C16H11F2N3O2. The maximum absolute atomic E-state index is 13.6. The summed E-state index contributed by atoms with van der Waals surface area (Å²) in [5.41, 5.74) is 0.815. The normalized spacial score (nSPS) is 10.6. The molecule has 1 amide bonds. The van der Waals surface area contributed by atoms with Crippen molar-refractivity contribution in [2.75, 3.05) is 12.4 Å². The highest BCUT2D eigenvalue weighted by atomic mass is 19.1. The van der Waals surface area contributed by atoms with Gasteiger partial charge in [-0.3, -0.25) is 4.79 Å². The molecule has 0 bridgehead atoms. The second kappa shape index (κ2) is 5.96. The van der Waals surface area contributed by atoms with E-state index in [1.54, 1.807) is 24.3 Å². The lowest BCUT2D eigenvalue weighted by Gasteiger charge is -2.09. The minimum atomic E-state index is -0.883. The number of carbonyl (C=O) groups is 1. The Kier molecular flexibility index (Phi) is 3.84. The molecule has 1 N–H and O–H groups in total. The van der Waals surface area contributed by atoms with Crippen LogP contribution in [0.1, 0.15) is 10.5 Å². The molecule has 0 spiro atoms. The number of methoxy groups -OCH3 is 1. The first kappa shape index (κ1) is 14.8. The predicted molar refractivity (Wildman–Crippen MR) is 80.4 cm³/mol. The van der Waals surface area contributed by atoms with Crippen LogP contribution in [-0.4, -0.2) is 23.0 Å². The Labute approximate surface area is 129 Å². The fraction of sp³-hybridized carbons (Fsp3) is 0.0625. The predicted octanol–water partition coefficient (Wildman–Crippen LogP) is 3.17. The average Bonchev–Trinajstić information content (AvgIpc) is 2.56. The van der Waals surface area contributed by atoms with Gasteiger partial charge in [0.2, 0.25) is 5.88 Å². The fourth-order valence-corrected chi connectivity index (χ4v) is 2.05. The van der Waals surface area contributed by atoms with Gasteiger partial charge in [0.05, 0.1) is 23.8 Å². The van der Waals surface area contributed by atoms with Gasteiger partial charge in [0.25, 0.3) is 5.91 Å². The Morgan fingerprint density at radius 2 is 1.78 bits per heavy atom. The zero-order valence-corrected chi connectivity index (χ0v) is 12.0. The third kappa shape index (κ3) is 2.94. The van der Waals surface area contributed by atoms with Gasteiger partial charge >= 0.3 is 0 Å². The van der Waals surface area contributed by atoms with Crippen molar-refractivity contribution in [3.8, 4) is 5.88 Å². The number of nitrogens with one attached hydrogen (secondary N) is 1. The number of amides is 1. The summed E-state index contributed by atoms with van der Waals surface area (Å²) in [4.78, 5) is 20.7. The molecule has 23 heavy (non-hydrogen) atoms. The van der Waals surface area contributed by atoms with Gasteiger partial charge in [-0.05, 0) is 24.3 Å². The zero-order valence-electron chi connectivity index (χ0n) is 12.0. The van der Waals surface area contributed by atoms with Crippen molar-refractivity contribution in [3.63, 3.8) is 0 Å². The second-order valence-electron chi connectivity index (χ2n) is 4.65. The lowest BCUT2D eigenvalue weighted by Crippen LogP contribution is -2.17. The number of carbonyl (C=O) groups excluding carboxylic acids is 1. The summed E-state index contributed by atoms with van der Waals surface area (Å²) >= 11 is 0. The van der Waals surface area contributed by atoms with E-state index < -0.39 is 17.5 Å². The number of fused-ring (bicyclic) bond motifs is 1. The minimum absolute atomic E-state index is 0.0173. The number of halogens is 2. The molecule has 0 fully saturated rings. The molecular weight excluding hydrogens is 304 g/mol. The van der Waals surface area contributed by atoms with Gasteiger partial charge in [0.15, 0.2) is 5.69 Å². The van der Waals surface area contributed by atoms with E-state index in [4.69, 9.17) is 4.74 Å². The van der Waals surface area contributed by atoms with Crippen LogP contribution in [0.25, 0.3) is 11.0 Å². The topological polar surface area (TPSA) is 64.1 Å². The third-order valence-corrected chi connectivity index (χ3v) is 3.13. The molecule has 0 unspecified atom stereocenters. The molecule has 0 aliphatic carbocycles. The summed E-state index contributed by atoms with van der Waals surface area (Å²) < 4.78 is 31.6. The number of nitrogens with zero attached hydrogens (tertiary/aromatic N) is 2. The Morgan fingerprint density at radius 1 is 1.09 bits per heavy atom. The molecule has 3 aromatic rings. The molecule has 116 valence electrons. The van der Waals surface area contributed by atoms with Crippen molar-refractivity contribution in [2.24, 2.45) is 0 Å². The van der Waals surface area contributed by atoms with Gasteiger partial charge in [-0.25, -0.2) is 18.7 Å². The van der Waals surface area contributed by atoms with Crippen molar-refractivity contribution >= 4 is 22.6 Å². The van der Waals surface area contributed by atoms with Gasteiger partial charge in [-0.2, -0.15) is 0 Å². The summed E-state index contributed by atoms with van der Waals surface area (Å²) in [6.07, 6.45) is 0. The minimum Gasteiger partial charge on any atom is -0.479 e. The van der Waals surface area contributed by atoms with E-state index in [0.717, 1.165) is 12.1 Å². The van der Waals surface area contributed by atoms with Crippen LogP contribution in [0.15, 0.2) is 42.5 Å². The van der Waals surface area contributed by atoms with Gasteiger partial charge in [-0.1, -0.05) is 12.1 Å². The van der Waals surface area contributed by atoms with Crippen LogP contribution in [0.2, 0.25) is 0 Å². The number of benzene rings is 2. The average molecular weight is 315 g/mol. The molecule has 0 saturated heterocycles. The monoisotopic (exact) mass is 315 g/mol. The van der Waals surface area contributed by atoms with Crippen molar-refractivity contribution < 1.29 is 18.3 Å². The Hall–Kier alpha value is -3.09. The Morgan fingerprint density at radius 3 is 2.43 bits per heavy atom. The third-order valence-electron chi connectivity index (χ3n) is 3.13. The number of hydrogen-bond acceptors (Lipinski definition) is 4. The van der Waals surface area contributed by atoms with E-state index in [2.05, 4.69) is 15.3 Å². The SMILES string of the molecule is COc1nc2ccccc2nc1C(=O)Nc1ccc(F)cc1F. The number of rotatable bonds is 3. The molecule has 1 aromatic heterocycles. The molecule has 0 radical (unpaired) electrons. The van der Waals surface area contributed by atoms with E-state index in [1.165, 1.54) is 7.11 Å². The molecule has 3 rings (SSSR count). The van der Waals surface area contributed by atoms with E-state index in [9.17, 15) is 13.6 Å². The first-order valence-corrected chi connectivity index (χ1v) is 6.65. The van der Waals surface area contributed by atoms with Crippen LogP contribution in [0, 0.1) is 11.6 Å². The van der Waals surface area contributed by atoms with E-state index in [1.807, 2.05) is 0 Å². The van der Waals surface area contributed by atoms with Gasteiger partial charge in [0.1, 0.15) is 11.6 Å². The zero-order chi connectivity index (χ0) is 16.4. The van der Waals surface area contributed by atoms with Gasteiger partial charge in [0, 0.05) is 6.07 Å². The Bertz CT molecular complexity index is 900. The molecule has 7 heteroatoms. The van der Waals surface area contributed by atoms with E-state index >= 15 is 0 Å². The van der Waals surface area contributed by atoms with Crippen LogP contribution in [0.3, 0.4) is 0 Å². The van der Waals surface area contributed by atoms with Crippen molar-refractivity contribution in [1.82, 2.24) is 9.97 Å². The fourth-order valence-electron chi connectivity index (χ4n) is 2.05. The van der Waals surface area contributed by atoms with Crippen molar-refractivity contribution in [2.45, 2.75) is 0 Å². The van der Waals surface area contributed by atoms with Gasteiger partial charge in [-0.15, -0.1) is 0 Å². The number of aromatic nitrogens is 2. The van der Waals surface area contributed by atoms with Crippen molar-refractivity contribution in [1.29, 1.82) is 0 Å². The lowest BCUT2D eigenvalue weighted by molar-refractivity contribution is 0.101. The van der Waals surface area contributed by atoms with Crippen LogP contribution >= 0.6 is 0 Å². The second-order valence-corrected chi connectivity index (χ2v) is 4.65. The lowest BCUT2D eigenvalue weighted by atomic mass is 10.2. The first-order valence-electron chi connectivity index (χ1n) is 6.65. The highest BCUT2D eigenvalue weighted by Gasteiger charge is 2.18. The van der Waals surface area contributed by atoms with Crippen LogP contribution in [-0.2, 0) is 0 Å². The Balaban J connectivity index is 1.99. The molecule has 0 aliphatic heterocycles. The van der Waals surface area contributed by atoms with Crippen LogP contribution < -0.4 is 10.1 Å². The van der Waals surface area contributed by atoms with E-state index in [-0.39, 0.29) is 17.3 Å². The van der Waals surface area contributed by atoms with Crippen LogP contribution in [0.4, 0.5) is 14.5 Å². The molecule has 0 saturated carbocycles. The smallest absolute Gasteiger partial charge is 0.280 e. The number of hydrogen-bond donors (Lipinski definition) is 1. The molecule has 0 atom stereocenters. The van der Waals surface area contributed by atoms with Crippen LogP contribution in [0.5, 0.6) is 5.88 Å². The standard InChI is InChI=1S/C16H11F2N3O2/c1-23-16-14(19-12-4-2-3-5-13(12)21-16)15(22)20-11-7-6-9(17)8-10(11)18/h2-8H,1H3,(H,20,22). The van der Waals surface area contributed by atoms with Gasteiger partial charge < -0.3 is 10.1 Å². The quantitative estimate of drug-likeness (QED) is 0.806. The maximum atomic E-state index is 13.6. The first-order chi connectivity index (χ1) is 11.1. The summed E-state index contributed by atoms with van der Waals surface area (Å²) in [7, 11) is 1.36. The molecule has 5 nitrogen and oxygen atoms in total. The number of ether oxygens (including phenoxy) is 1. The largest absolute Gasteiger partial charge is 0.479 e. The highest BCUT2D eigenvalue weighted by Crippen LogP contribution is 2.21. The summed E-state index contributed by atoms with van der Waals surface area (Å²) in [6, 6.07) is 9.81. The summed E-state index contributed by atoms with van der Waals surface area (Å²) in [5.74, 6) is -2.30. The van der Waals surface area contributed by atoms with Crippen molar-refractivity contribution in [3.05, 3.63) is 59.8 Å². The summed E-state index contributed by atoms with van der Waals surface area (Å²) in [5, 5.41) is 2.33. The number of anilines is 1.